The Morgan fingerprint density at radius 3 is 2.96 bits per heavy atom. The molecule has 2 aromatic rings. The van der Waals surface area contributed by atoms with Crippen molar-refractivity contribution in [3.05, 3.63) is 23.5 Å². The van der Waals surface area contributed by atoms with Gasteiger partial charge in [-0.15, -0.1) is 11.3 Å². The van der Waals surface area contributed by atoms with Crippen LogP contribution in [-0.2, 0) is 11.3 Å². The summed E-state index contributed by atoms with van der Waals surface area (Å²) in [6.45, 7) is 5.25. The maximum absolute atomic E-state index is 11.1. The third kappa shape index (κ3) is 4.64. The third-order valence-electron chi connectivity index (χ3n) is 3.97. The van der Waals surface area contributed by atoms with E-state index in [0.29, 0.717) is 22.9 Å². The lowest BCUT2D eigenvalue weighted by Gasteiger charge is -2.19. The van der Waals surface area contributed by atoms with E-state index in [2.05, 4.69) is 32.1 Å². The molecule has 0 aliphatic carbocycles. The molecule has 2 atom stereocenters. The van der Waals surface area contributed by atoms with Crippen LogP contribution in [0.25, 0.3) is 0 Å². The number of amides is 1. The van der Waals surface area contributed by atoms with Gasteiger partial charge in [0.25, 0.3) is 0 Å². The Hall–Kier alpha value is -2.26. The smallest absolute Gasteiger partial charge is 0.223 e. The van der Waals surface area contributed by atoms with Gasteiger partial charge in [-0.25, -0.2) is 15.0 Å². The number of nitrogens with one attached hydrogen (secondary N) is 1. The van der Waals surface area contributed by atoms with E-state index in [9.17, 15) is 4.79 Å². The molecule has 3 heterocycles. The standard InChI is InChI=1S/C16H21N5O3S/c1-10-4-12(24-15-5-14(23-3)18-9-19-15)7-21(10)8-13-6-17-16(25-13)20-11(2)22/h5-6,9-10,12H,4,7-8H2,1-3H3,(H,17,20,22)/t10-,12+/m1/s1. The lowest BCUT2D eigenvalue weighted by atomic mass is 10.2. The molecule has 0 radical (unpaired) electrons. The minimum absolute atomic E-state index is 0.0670. The van der Waals surface area contributed by atoms with Crippen molar-refractivity contribution in [1.29, 1.82) is 0 Å². The number of likely N-dealkylation sites (tertiary alicyclic amines) is 1. The van der Waals surface area contributed by atoms with Crippen molar-refractivity contribution < 1.29 is 14.3 Å². The molecule has 2 aromatic heterocycles. The highest BCUT2D eigenvalue weighted by Crippen LogP contribution is 2.27. The molecule has 0 aromatic carbocycles. The Balaban J connectivity index is 1.57. The van der Waals surface area contributed by atoms with Gasteiger partial charge in [0.2, 0.25) is 17.7 Å². The van der Waals surface area contributed by atoms with Crippen molar-refractivity contribution >= 4 is 22.4 Å². The van der Waals surface area contributed by atoms with Crippen molar-refractivity contribution in [3.63, 3.8) is 0 Å². The lowest BCUT2D eigenvalue weighted by molar-refractivity contribution is -0.114. The molecule has 134 valence electrons. The number of thiazole rings is 1. The van der Waals surface area contributed by atoms with Gasteiger partial charge in [0, 0.05) is 43.5 Å². The molecule has 3 rings (SSSR count). The average molecular weight is 363 g/mol. The minimum atomic E-state index is -0.107. The monoisotopic (exact) mass is 363 g/mol. The Bertz CT molecular complexity index is 738. The maximum atomic E-state index is 11.1. The number of carbonyl (C=O) groups is 1. The number of hydrogen-bond acceptors (Lipinski definition) is 8. The van der Waals surface area contributed by atoms with Crippen molar-refractivity contribution in [3.8, 4) is 11.8 Å². The average Bonchev–Trinajstić information content (AvgIpc) is 3.14. The molecular weight excluding hydrogens is 342 g/mol. The molecule has 25 heavy (non-hydrogen) atoms. The highest BCUT2D eigenvalue weighted by atomic mass is 32.1. The van der Waals surface area contributed by atoms with Gasteiger partial charge in [-0.3, -0.25) is 9.69 Å². The van der Waals surface area contributed by atoms with Crippen LogP contribution in [0.1, 0.15) is 25.1 Å². The summed E-state index contributed by atoms with van der Waals surface area (Å²) in [7, 11) is 1.57. The summed E-state index contributed by atoms with van der Waals surface area (Å²) in [6, 6.07) is 2.08. The topological polar surface area (TPSA) is 89.5 Å². The largest absolute Gasteiger partial charge is 0.481 e. The molecule has 8 nitrogen and oxygen atoms in total. The molecule has 0 unspecified atom stereocenters. The van der Waals surface area contributed by atoms with Crippen LogP contribution < -0.4 is 14.8 Å². The molecule has 1 aliphatic heterocycles. The van der Waals surface area contributed by atoms with Crippen LogP contribution in [0.4, 0.5) is 5.13 Å². The van der Waals surface area contributed by atoms with E-state index < -0.39 is 0 Å². The van der Waals surface area contributed by atoms with Crippen LogP contribution in [0.2, 0.25) is 0 Å². The first-order valence-corrected chi connectivity index (χ1v) is 8.84. The van der Waals surface area contributed by atoms with Gasteiger partial charge in [0.1, 0.15) is 12.4 Å². The van der Waals surface area contributed by atoms with Crippen LogP contribution in [0.15, 0.2) is 18.6 Å². The Morgan fingerprint density at radius 1 is 1.40 bits per heavy atom. The second kappa shape index (κ2) is 7.75. The van der Waals surface area contributed by atoms with Crippen LogP contribution in [0.5, 0.6) is 11.8 Å². The number of nitrogens with zero attached hydrogens (tertiary/aromatic N) is 4. The number of anilines is 1. The van der Waals surface area contributed by atoms with Gasteiger partial charge >= 0.3 is 0 Å². The molecule has 0 saturated carbocycles. The fraction of sp³-hybridized carbons (Fsp3) is 0.500. The van der Waals surface area contributed by atoms with Crippen molar-refractivity contribution in [1.82, 2.24) is 19.9 Å². The summed E-state index contributed by atoms with van der Waals surface area (Å²) in [4.78, 5) is 26.9. The first-order valence-electron chi connectivity index (χ1n) is 8.02. The molecule has 9 heteroatoms. The van der Waals surface area contributed by atoms with Gasteiger partial charge in [-0.2, -0.15) is 0 Å². The number of ether oxygens (including phenoxy) is 2. The zero-order chi connectivity index (χ0) is 17.8. The number of methoxy groups -OCH3 is 1. The van der Waals surface area contributed by atoms with E-state index in [0.717, 1.165) is 24.4 Å². The summed E-state index contributed by atoms with van der Waals surface area (Å²) in [6.07, 6.45) is 4.23. The SMILES string of the molecule is COc1cc(O[C@H]2C[C@@H](C)N(Cc3cnc(NC(C)=O)s3)C2)ncn1. The lowest BCUT2D eigenvalue weighted by Crippen LogP contribution is -2.27. The number of rotatable bonds is 6. The van der Waals surface area contributed by atoms with E-state index >= 15 is 0 Å². The fourth-order valence-electron chi connectivity index (χ4n) is 2.81. The summed E-state index contributed by atoms with van der Waals surface area (Å²) >= 11 is 1.50. The van der Waals surface area contributed by atoms with E-state index in [1.165, 1.54) is 24.6 Å². The Kier molecular flexibility index (Phi) is 5.44. The van der Waals surface area contributed by atoms with Crippen LogP contribution >= 0.6 is 11.3 Å². The molecule has 1 N–H and O–H groups in total. The number of aromatic nitrogens is 3. The van der Waals surface area contributed by atoms with Crippen molar-refractivity contribution in [2.75, 3.05) is 19.0 Å². The predicted molar refractivity (Wildman–Crippen MR) is 93.9 cm³/mol. The normalized spacial score (nSPS) is 20.4. The fourth-order valence-corrected chi connectivity index (χ4v) is 3.69. The molecule has 0 bridgehead atoms. The first-order chi connectivity index (χ1) is 12.0. The maximum Gasteiger partial charge on any atom is 0.223 e. The number of hydrogen-bond donors (Lipinski definition) is 1. The van der Waals surface area contributed by atoms with Gasteiger partial charge in [0.15, 0.2) is 5.13 Å². The van der Waals surface area contributed by atoms with Gasteiger partial charge in [0.05, 0.1) is 13.2 Å². The zero-order valence-corrected chi connectivity index (χ0v) is 15.2. The molecule has 0 spiro atoms. The van der Waals surface area contributed by atoms with E-state index in [4.69, 9.17) is 9.47 Å². The predicted octanol–water partition coefficient (Wildman–Crippen LogP) is 1.94. The van der Waals surface area contributed by atoms with Crippen LogP contribution in [0, 0.1) is 0 Å². The van der Waals surface area contributed by atoms with Gasteiger partial charge in [-0.05, 0) is 6.92 Å². The zero-order valence-electron chi connectivity index (χ0n) is 14.4. The molecule has 1 saturated heterocycles. The van der Waals surface area contributed by atoms with Gasteiger partial charge < -0.3 is 14.8 Å². The van der Waals surface area contributed by atoms with Crippen LogP contribution in [-0.4, -0.2) is 51.6 Å². The molecular formula is C16H21N5O3S. The molecule has 1 amide bonds. The van der Waals surface area contributed by atoms with E-state index in [1.807, 2.05) is 6.20 Å². The third-order valence-corrected chi connectivity index (χ3v) is 4.87. The Labute approximate surface area is 150 Å². The summed E-state index contributed by atoms with van der Waals surface area (Å²) in [5.41, 5.74) is 0. The highest BCUT2D eigenvalue weighted by Gasteiger charge is 2.31. The summed E-state index contributed by atoms with van der Waals surface area (Å²) < 4.78 is 11.1. The highest BCUT2D eigenvalue weighted by molar-refractivity contribution is 7.15. The number of carbonyl (C=O) groups excluding carboxylic acids is 1. The first kappa shape index (κ1) is 17.6. The molecule has 1 fully saturated rings. The Morgan fingerprint density at radius 2 is 2.20 bits per heavy atom. The van der Waals surface area contributed by atoms with E-state index in [-0.39, 0.29) is 12.0 Å². The summed E-state index contributed by atoms with van der Waals surface area (Å²) in [5.74, 6) is 0.906. The summed E-state index contributed by atoms with van der Waals surface area (Å²) in [5, 5.41) is 3.35. The second-order valence-corrected chi connectivity index (χ2v) is 7.08. The second-order valence-electron chi connectivity index (χ2n) is 5.97. The minimum Gasteiger partial charge on any atom is -0.481 e. The van der Waals surface area contributed by atoms with Crippen LogP contribution in [0.3, 0.4) is 0 Å². The molecule has 1 aliphatic rings. The quantitative estimate of drug-likeness (QED) is 0.839. The van der Waals surface area contributed by atoms with Gasteiger partial charge in [-0.1, -0.05) is 0 Å². The van der Waals surface area contributed by atoms with Crippen molar-refractivity contribution in [2.24, 2.45) is 0 Å². The van der Waals surface area contributed by atoms with Crippen molar-refractivity contribution in [2.45, 2.75) is 39.0 Å². The van der Waals surface area contributed by atoms with E-state index in [1.54, 1.807) is 13.2 Å².